The molecule has 2 nitrogen and oxygen atoms in total. The van der Waals surface area contributed by atoms with Gasteiger partial charge in [-0.25, -0.2) is 0 Å². The summed E-state index contributed by atoms with van der Waals surface area (Å²) in [4.78, 5) is 1.31. The van der Waals surface area contributed by atoms with Crippen LogP contribution in [0.15, 0.2) is 17.5 Å². The molecule has 2 heterocycles. The summed E-state index contributed by atoms with van der Waals surface area (Å²) in [6.07, 6.45) is 3.84. The van der Waals surface area contributed by atoms with Gasteiger partial charge in [0, 0.05) is 10.9 Å². The molecule has 2 unspecified atom stereocenters. The van der Waals surface area contributed by atoms with Gasteiger partial charge >= 0.3 is 0 Å². The predicted molar refractivity (Wildman–Crippen MR) is 56.9 cm³/mol. The standard InChI is InChI=1S/C10H16N2S/c11-10(9-5-3-7-13-9)8-4-1-2-6-12-8/h3,5,7-8,10,12H,1-2,4,6,11H2. The fraction of sp³-hybridized carbons (Fsp3) is 0.600. The van der Waals surface area contributed by atoms with Crippen LogP contribution >= 0.6 is 11.3 Å². The maximum absolute atomic E-state index is 6.16. The molecule has 0 bridgehead atoms. The van der Waals surface area contributed by atoms with E-state index in [2.05, 4.69) is 22.8 Å². The molecule has 0 aliphatic carbocycles. The minimum absolute atomic E-state index is 0.195. The molecular weight excluding hydrogens is 180 g/mol. The second-order valence-electron chi connectivity index (χ2n) is 3.60. The summed E-state index contributed by atoms with van der Waals surface area (Å²) < 4.78 is 0. The van der Waals surface area contributed by atoms with Gasteiger partial charge in [0.25, 0.3) is 0 Å². The minimum Gasteiger partial charge on any atom is -0.322 e. The molecular formula is C10H16N2S. The molecule has 1 fully saturated rings. The molecule has 0 amide bonds. The molecule has 3 heteroatoms. The van der Waals surface area contributed by atoms with E-state index in [9.17, 15) is 0 Å². The third kappa shape index (κ3) is 2.10. The van der Waals surface area contributed by atoms with E-state index in [0.717, 1.165) is 6.54 Å². The smallest absolute Gasteiger partial charge is 0.0545 e. The number of nitrogens with one attached hydrogen (secondary N) is 1. The highest BCUT2D eigenvalue weighted by molar-refractivity contribution is 7.10. The van der Waals surface area contributed by atoms with Gasteiger partial charge in [-0.15, -0.1) is 11.3 Å². The third-order valence-corrected chi connectivity index (χ3v) is 3.63. The average molecular weight is 196 g/mol. The molecule has 0 saturated carbocycles. The number of thiophene rings is 1. The summed E-state index contributed by atoms with van der Waals surface area (Å²) >= 11 is 1.76. The molecule has 1 aromatic heterocycles. The molecule has 0 radical (unpaired) electrons. The Balaban J connectivity index is 1.99. The Morgan fingerprint density at radius 1 is 1.54 bits per heavy atom. The van der Waals surface area contributed by atoms with Crippen molar-refractivity contribution in [1.29, 1.82) is 0 Å². The summed E-state index contributed by atoms with van der Waals surface area (Å²) in [7, 11) is 0. The zero-order valence-corrected chi connectivity index (χ0v) is 8.52. The lowest BCUT2D eigenvalue weighted by Gasteiger charge is -2.28. The van der Waals surface area contributed by atoms with Crippen molar-refractivity contribution < 1.29 is 0 Å². The first kappa shape index (κ1) is 9.19. The van der Waals surface area contributed by atoms with Gasteiger partial charge in [-0.1, -0.05) is 12.5 Å². The largest absolute Gasteiger partial charge is 0.322 e. The van der Waals surface area contributed by atoms with Crippen molar-refractivity contribution in [2.45, 2.75) is 31.3 Å². The van der Waals surface area contributed by atoms with E-state index in [1.54, 1.807) is 11.3 Å². The highest BCUT2D eigenvalue weighted by Crippen LogP contribution is 2.23. The van der Waals surface area contributed by atoms with Crippen molar-refractivity contribution >= 4 is 11.3 Å². The van der Waals surface area contributed by atoms with Gasteiger partial charge in [0.15, 0.2) is 0 Å². The summed E-state index contributed by atoms with van der Waals surface area (Å²) in [6.45, 7) is 1.13. The van der Waals surface area contributed by atoms with E-state index < -0.39 is 0 Å². The van der Waals surface area contributed by atoms with E-state index in [0.29, 0.717) is 6.04 Å². The SMILES string of the molecule is NC(c1cccs1)C1CCCCN1. The van der Waals surface area contributed by atoms with Crippen molar-refractivity contribution in [3.8, 4) is 0 Å². The third-order valence-electron chi connectivity index (χ3n) is 2.65. The lowest BCUT2D eigenvalue weighted by atomic mass is 9.98. The zero-order chi connectivity index (χ0) is 9.10. The normalized spacial score (nSPS) is 25.8. The summed E-state index contributed by atoms with van der Waals surface area (Å²) in [5.41, 5.74) is 6.16. The first-order valence-corrected chi connectivity index (χ1v) is 5.78. The monoisotopic (exact) mass is 196 g/mol. The first-order chi connectivity index (χ1) is 6.38. The fourth-order valence-corrected chi connectivity index (χ4v) is 2.66. The molecule has 0 spiro atoms. The Labute approximate surface area is 83.1 Å². The van der Waals surface area contributed by atoms with Crippen molar-refractivity contribution in [1.82, 2.24) is 5.32 Å². The Morgan fingerprint density at radius 3 is 3.08 bits per heavy atom. The average Bonchev–Trinajstić information content (AvgIpc) is 2.71. The Bertz CT molecular complexity index is 239. The second-order valence-corrected chi connectivity index (χ2v) is 4.58. The summed E-state index contributed by atoms with van der Waals surface area (Å²) in [6, 6.07) is 4.89. The van der Waals surface area contributed by atoms with Gasteiger partial charge in [0.1, 0.15) is 0 Å². The van der Waals surface area contributed by atoms with Crippen LogP contribution in [0.1, 0.15) is 30.2 Å². The van der Waals surface area contributed by atoms with E-state index in [1.807, 2.05) is 0 Å². The van der Waals surface area contributed by atoms with Gasteiger partial charge in [-0.05, 0) is 30.8 Å². The van der Waals surface area contributed by atoms with E-state index in [-0.39, 0.29) is 6.04 Å². The van der Waals surface area contributed by atoms with Crippen LogP contribution in [0.3, 0.4) is 0 Å². The van der Waals surface area contributed by atoms with Gasteiger partial charge in [-0.3, -0.25) is 0 Å². The molecule has 1 aliphatic rings. The lowest BCUT2D eigenvalue weighted by Crippen LogP contribution is -2.41. The fourth-order valence-electron chi connectivity index (χ4n) is 1.86. The number of hydrogen-bond acceptors (Lipinski definition) is 3. The van der Waals surface area contributed by atoms with Gasteiger partial charge in [0.2, 0.25) is 0 Å². The molecule has 13 heavy (non-hydrogen) atoms. The number of nitrogens with two attached hydrogens (primary N) is 1. The topological polar surface area (TPSA) is 38.0 Å². The molecule has 2 rings (SSSR count). The van der Waals surface area contributed by atoms with Gasteiger partial charge in [-0.2, -0.15) is 0 Å². The number of hydrogen-bond donors (Lipinski definition) is 2. The number of piperidine rings is 1. The van der Waals surface area contributed by atoms with Crippen LogP contribution < -0.4 is 11.1 Å². The summed E-state index contributed by atoms with van der Waals surface area (Å²) in [5.74, 6) is 0. The van der Waals surface area contributed by atoms with Gasteiger partial charge in [0.05, 0.1) is 6.04 Å². The van der Waals surface area contributed by atoms with E-state index >= 15 is 0 Å². The molecule has 1 saturated heterocycles. The Morgan fingerprint density at radius 2 is 2.46 bits per heavy atom. The van der Waals surface area contributed by atoms with Crippen molar-refractivity contribution in [2.75, 3.05) is 6.54 Å². The molecule has 1 aromatic rings. The first-order valence-electron chi connectivity index (χ1n) is 4.90. The molecule has 0 aromatic carbocycles. The van der Waals surface area contributed by atoms with Crippen LogP contribution in [-0.4, -0.2) is 12.6 Å². The highest BCUT2D eigenvalue weighted by Gasteiger charge is 2.21. The van der Waals surface area contributed by atoms with Crippen LogP contribution in [-0.2, 0) is 0 Å². The van der Waals surface area contributed by atoms with Crippen LogP contribution in [0.4, 0.5) is 0 Å². The zero-order valence-electron chi connectivity index (χ0n) is 7.70. The Kier molecular flexibility index (Phi) is 2.98. The maximum Gasteiger partial charge on any atom is 0.0545 e. The van der Waals surface area contributed by atoms with Crippen LogP contribution in [0.25, 0.3) is 0 Å². The minimum atomic E-state index is 0.195. The second kappa shape index (κ2) is 4.22. The predicted octanol–water partition coefficient (Wildman–Crippen LogP) is 1.89. The van der Waals surface area contributed by atoms with Crippen LogP contribution in [0.2, 0.25) is 0 Å². The van der Waals surface area contributed by atoms with Crippen LogP contribution in [0.5, 0.6) is 0 Å². The molecule has 2 atom stereocenters. The van der Waals surface area contributed by atoms with Crippen LogP contribution in [0, 0.1) is 0 Å². The highest BCUT2D eigenvalue weighted by atomic mass is 32.1. The molecule has 3 N–H and O–H groups in total. The molecule has 72 valence electrons. The van der Waals surface area contributed by atoms with Crippen molar-refractivity contribution in [3.63, 3.8) is 0 Å². The summed E-state index contributed by atoms with van der Waals surface area (Å²) in [5, 5.41) is 5.58. The van der Waals surface area contributed by atoms with Crippen molar-refractivity contribution in [3.05, 3.63) is 22.4 Å². The van der Waals surface area contributed by atoms with Gasteiger partial charge < -0.3 is 11.1 Å². The van der Waals surface area contributed by atoms with E-state index in [4.69, 9.17) is 5.73 Å². The van der Waals surface area contributed by atoms with Crippen molar-refractivity contribution in [2.24, 2.45) is 5.73 Å². The number of rotatable bonds is 2. The maximum atomic E-state index is 6.16. The molecule has 1 aliphatic heterocycles. The van der Waals surface area contributed by atoms with E-state index in [1.165, 1.54) is 24.1 Å². The quantitative estimate of drug-likeness (QED) is 0.758. The Hall–Kier alpha value is -0.380. The lowest BCUT2D eigenvalue weighted by molar-refractivity contribution is 0.356.